The zero-order chi connectivity index (χ0) is 23.8. The molecule has 0 unspecified atom stereocenters. The largest absolute Gasteiger partial charge is 0.476 e. The molecule has 0 radical (unpaired) electrons. The van der Waals surface area contributed by atoms with Crippen LogP contribution in [0.1, 0.15) is 0 Å². The first-order valence-corrected chi connectivity index (χ1v) is 11.6. The molecule has 34 heavy (non-hydrogen) atoms. The summed E-state index contributed by atoms with van der Waals surface area (Å²) in [7, 11) is 1.76. The van der Waals surface area contributed by atoms with Gasteiger partial charge in [0, 0.05) is 48.4 Å². The number of aryl methyl sites for hydroxylation is 1. The molecule has 1 saturated heterocycles. The second-order valence-electron chi connectivity index (χ2n) is 7.51. The molecule has 0 spiro atoms. The van der Waals surface area contributed by atoms with E-state index >= 15 is 0 Å². The Bertz CT molecular complexity index is 1140. The van der Waals surface area contributed by atoms with Crippen molar-refractivity contribution in [2.75, 3.05) is 39.5 Å². The van der Waals surface area contributed by atoms with E-state index < -0.39 is 0 Å². The number of morpholine rings is 1. The average Bonchev–Trinajstić information content (AvgIpc) is 3.52. The van der Waals surface area contributed by atoms with Gasteiger partial charge in [-0.15, -0.1) is 5.10 Å². The summed E-state index contributed by atoms with van der Waals surface area (Å²) in [6.07, 6.45) is 3.27. The first-order chi connectivity index (χ1) is 16.6. The molecule has 2 aromatic heterocycles. The highest BCUT2D eigenvalue weighted by Gasteiger charge is 2.12. The highest BCUT2D eigenvalue weighted by atomic mass is 35.5. The number of rotatable bonds is 6. The van der Waals surface area contributed by atoms with Crippen LogP contribution in [0.2, 0.25) is 10.0 Å². The Hall–Kier alpha value is -2.98. The molecule has 0 atom stereocenters. The second-order valence-corrected chi connectivity index (χ2v) is 8.33. The second kappa shape index (κ2) is 11.9. The lowest BCUT2D eigenvalue weighted by Gasteiger charge is -2.26. The summed E-state index contributed by atoms with van der Waals surface area (Å²) in [4.78, 5) is 2.34. The Morgan fingerprint density at radius 3 is 2.35 bits per heavy atom. The number of nitrogens with zero attached hydrogens (tertiary/aromatic N) is 7. The first-order valence-electron chi connectivity index (χ1n) is 10.8. The van der Waals surface area contributed by atoms with Gasteiger partial charge in [-0.3, -0.25) is 4.90 Å². The predicted octanol–water partition coefficient (Wildman–Crippen LogP) is 3.77. The molecule has 11 heteroatoms. The number of aromatic nitrogens is 6. The van der Waals surface area contributed by atoms with Crippen molar-refractivity contribution in [3.63, 3.8) is 0 Å². The highest BCUT2D eigenvalue weighted by molar-refractivity contribution is 6.39. The van der Waals surface area contributed by atoms with Crippen molar-refractivity contribution in [1.29, 1.82) is 0 Å². The Morgan fingerprint density at radius 1 is 1.00 bits per heavy atom. The van der Waals surface area contributed by atoms with Gasteiger partial charge in [-0.05, 0) is 40.3 Å². The lowest BCUT2D eigenvalue weighted by Crippen LogP contribution is -2.38. The van der Waals surface area contributed by atoms with Crippen LogP contribution in [0.3, 0.4) is 0 Å². The Balaban J connectivity index is 0.000000398. The molecule has 0 N–H and O–H groups in total. The van der Waals surface area contributed by atoms with Crippen LogP contribution in [-0.4, -0.2) is 74.3 Å². The molecule has 178 valence electrons. The van der Waals surface area contributed by atoms with Crippen LogP contribution in [0.15, 0.2) is 61.1 Å². The summed E-state index contributed by atoms with van der Waals surface area (Å²) in [5, 5.41) is 15.8. The number of ether oxygens (including phenoxy) is 2. The summed E-state index contributed by atoms with van der Waals surface area (Å²) in [5.41, 5.74) is 2.71. The van der Waals surface area contributed by atoms with Crippen LogP contribution >= 0.6 is 23.2 Å². The fourth-order valence-corrected chi connectivity index (χ4v) is 4.06. The first kappa shape index (κ1) is 24.2. The van der Waals surface area contributed by atoms with Gasteiger partial charge in [-0.2, -0.15) is 5.10 Å². The van der Waals surface area contributed by atoms with Crippen LogP contribution < -0.4 is 4.74 Å². The van der Waals surface area contributed by atoms with Crippen LogP contribution in [-0.2, 0) is 11.8 Å². The number of benzene rings is 2. The molecule has 1 aliphatic rings. The summed E-state index contributed by atoms with van der Waals surface area (Å²) < 4.78 is 14.7. The quantitative estimate of drug-likeness (QED) is 0.397. The van der Waals surface area contributed by atoms with Crippen molar-refractivity contribution in [3.05, 3.63) is 71.1 Å². The lowest BCUT2D eigenvalue weighted by atomic mass is 10.1. The van der Waals surface area contributed by atoms with Gasteiger partial charge >= 0.3 is 0 Å². The molecule has 0 aliphatic carbocycles. The minimum absolute atomic E-state index is 0.610. The molecule has 3 heterocycles. The van der Waals surface area contributed by atoms with E-state index in [1.165, 1.54) is 11.0 Å². The van der Waals surface area contributed by atoms with Gasteiger partial charge in [0.05, 0.1) is 25.1 Å². The van der Waals surface area contributed by atoms with E-state index in [0.717, 1.165) is 55.5 Å². The van der Waals surface area contributed by atoms with Crippen LogP contribution in [0, 0.1) is 0 Å². The minimum Gasteiger partial charge on any atom is -0.476 e. The van der Waals surface area contributed by atoms with Gasteiger partial charge < -0.3 is 9.47 Å². The van der Waals surface area contributed by atoms with E-state index in [2.05, 4.69) is 25.5 Å². The zero-order valence-corrected chi connectivity index (χ0v) is 20.2. The van der Waals surface area contributed by atoms with Gasteiger partial charge in [-0.25, -0.2) is 9.36 Å². The number of tetrazole rings is 1. The molecule has 4 aromatic rings. The van der Waals surface area contributed by atoms with E-state index in [1.54, 1.807) is 17.9 Å². The fourth-order valence-electron chi connectivity index (χ4n) is 3.45. The van der Waals surface area contributed by atoms with Crippen molar-refractivity contribution in [2.45, 2.75) is 0 Å². The van der Waals surface area contributed by atoms with Crippen LogP contribution in [0.5, 0.6) is 5.88 Å². The summed E-state index contributed by atoms with van der Waals surface area (Å²) >= 11 is 12.6. The normalized spacial score (nSPS) is 13.9. The maximum absolute atomic E-state index is 6.32. The molecular weight excluding hydrogens is 477 g/mol. The average molecular weight is 502 g/mol. The lowest BCUT2D eigenvalue weighted by molar-refractivity contribution is 0.0318. The van der Waals surface area contributed by atoms with E-state index in [9.17, 15) is 0 Å². The number of hydrogen-bond donors (Lipinski definition) is 0. The molecule has 2 aromatic carbocycles. The highest BCUT2D eigenvalue weighted by Crippen LogP contribution is 2.35. The van der Waals surface area contributed by atoms with Gasteiger partial charge in [0.2, 0.25) is 5.88 Å². The van der Waals surface area contributed by atoms with E-state index in [0.29, 0.717) is 16.7 Å². The van der Waals surface area contributed by atoms with Gasteiger partial charge in [0.1, 0.15) is 12.9 Å². The molecule has 1 aliphatic heterocycles. The van der Waals surface area contributed by atoms with Gasteiger partial charge in [0.15, 0.2) is 0 Å². The fraction of sp³-hybridized carbons (Fsp3) is 0.304. The van der Waals surface area contributed by atoms with Crippen LogP contribution in [0.4, 0.5) is 0 Å². The summed E-state index contributed by atoms with van der Waals surface area (Å²) in [6, 6.07) is 15.3. The summed E-state index contributed by atoms with van der Waals surface area (Å²) in [5.74, 6) is 0.719. The standard InChI is InChI=1S/C21H21Cl2N3O2.C2H4N4/c22-18-2-1-3-19(23)21(18)16-4-6-17(7-5-16)26-20(8-9-24-26)28-15-12-25-10-13-27-14-11-25;1-6-2-3-4-5-6/h1-9H,10-15H2;2H,1H3. The molecule has 9 nitrogen and oxygen atoms in total. The third-order valence-electron chi connectivity index (χ3n) is 5.18. The van der Waals surface area contributed by atoms with E-state index in [4.69, 9.17) is 32.7 Å². The van der Waals surface area contributed by atoms with Gasteiger partial charge in [0.25, 0.3) is 0 Å². The minimum atomic E-state index is 0.610. The van der Waals surface area contributed by atoms with Crippen molar-refractivity contribution >= 4 is 23.2 Å². The number of halogens is 2. The van der Waals surface area contributed by atoms with Crippen LogP contribution in [0.25, 0.3) is 16.8 Å². The SMILES string of the molecule is Clc1cccc(Cl)c1-c1ccc(-n2nccc2OCCN2CCOCC2)cc1.Cn1cnnn1. The topological polar surface area (TPSA) is 83.1 Å². The Labute approximate surface area is 207 Å². The smallest absolute Gasteiger partial charge is 0.216 e. The summed E-state index contributed by atoms with van der Waals surface area (Å²) in [6.45, 7) is 4.97. The predicted molar refractivity (Wildman–Crippen MR) is 131 cm³/mol. The Morgan fingerprint density at radius 2 is 1.74 bits per heavy atom. The monoisotopic (exact) mass is 501 g/mol. The van der Waals surface area contributed by atoms with Crippen molar-refractivity contribution in [1.82, 2.24) is 34.9 Å². The molecule has 0 bridgehead atoms. The maximum Gasteiger partial charge on any atom is 0.216 e. The third-order valence-corrected chi connectivity index (χ3v) is 5.81. The number of hydrogen-bond acceptors (Lipinski definition) is 7. The van der Waals surface area contributed by atoms with Crippen molar-refractivity contribution < 1.29 is 9.47 Å². The van der Waals surface area contributed by atoms with Crippen molar-refractivity contribution in [2.24, 2.45) is 7.05 Å². The third kappa shape index (κ3) is 6.32. The van der Waals surface area contributed by atoms with E-state index in [1.807, 2.05) is 48.5 Å². The molecule has 1 fully saturated rings. The molecule has 0 amide bonds. The molecular formula is C23H25Cl2N7O2. The van der Waals surface area contributed by atoms with Crippen molar-refractivity contribution in [3.8, 4) is 22.7 Å². The van der Waals surface area contributed by atoms with Gasteiger partial charge in [-0.1, -0.05) is 41.4 Å². The Kier molecular flexibility index (Phi) is 8.48. The molecule has 0 saturated carbocycles. The maximum atomic E-state index is 6.32. The molecule has 5 rings (SSSR count). The zero-order valence-electron chi connectivity index (χ0n) is 18.7. The van der Waals surface area contributed by atoms with E-state index in [-0.39, 0.29) is 0 Å².